The molecule has 0 bridgehead atoms. The maximum Gasteiger partial charge on any atom is 0.291 e. The molecule has 0 aliphatic carbocycles. The van der Waals surface area contributed by atoms with Crippen molar-refractivity contribution >= 4 is 17.3 Å². The first-order valence-corrected chi connectivity index (χ1v) is 7.57. The molecule has 0 unspecified atom stereocenters. The van der Waals surface area contributed by atoms with Crippen LogP contribution in [-0.4, -0.2) is 30.7 Å². The van der Waals surface area contributed by atoms with Crippen LogP contribution in [0.2, 0.25) is 0 Å². The summed E-state index contributed by atoms with van der Waals surface area (Å²) in [5, 5.41) is 12.2. The molecule has 2 aromatic rings. The summed E-state index contributed by atoms with van der Waals surface area (Å²) in [6, 6.07) is 11.1. The molecule has 5 nitrogen and oxygen atoms in total. The third-order valence-corrected chi connectivity index (χ3v) is 4.11. The molecule has 3 rings (SSSR count). The van der Waals surface area contributed by atoms with Crippen molar-refractivity contribution in [2.24, 2.45) is 5.92 Å². The number of amides is 1. The number of rotatable bonds is 4. The SMILES string of the molecule is O=C(Nc1ccccc1N1CCC(CO)CC1)c1ccco1. The molecule has 1 aliphatic rings. The highest BCUT2D eigenvalue weighted by Crippen LogP contribution is 2.30. The van der Waals surface area contributed by atoms with Crippen LogP contribution >= 0.6 is 0 Å². The van der Waals surface area contributed by atoms with Gasteiger partial charge in [-0.2, -0.15) is 0 Å². The molecule has 1 amide bonds. The van der Waals surface area contributed by atoms with Gasteiger partial charge in [0.05, 0.1) is 17.6 Å². The third-order valence-electron chi connectivity index (χ3n) is 4.11. The minimum absolute atomic E-state index is 0.248. The number of hydrogen-bond acceptors (Lipinski definition) is 4. The molecule has 1 aromatic heterocycles. The van der Waals surface area contributed by atoms with E-state index in [1.165, 1.54) is 6.26 Å². The zero-order chi connectivity index (χ0) is 15.4. The van der Waals surface area contributed by atoms with Crippen LogP contribution in [0.4, 0.5) is 11.4 Å². The summed E-state index contributed by atoms with van der Waals surface area (Å²) in [7, 11) is 0. The van der Waals surface area contributed by atoms with Gasteiger partial charge in [0.25, 0.3) is 5.91 Å². The van der Waals surface area contributed by atoms with E-state index in [4.69, 9.17) is 4.42 Å². The van der Waals surface area contributed by atoms with E-state index in [1.54, 1.807) is 12.1 Å². The van der Waals surface area contributed by atoms with Crippen molar-refractivity contribution in [3.8, 4) is 0 Å². The van der Waals surface area contributed by atoms with Crippen molar-refractivity contribution in [1.29, 1.82) is 0 Å². The smallest absolute Gasteiger partial charge is 0.291 e. The Hall–Kier alpha value is -2.27. The number of anilines is 2. The lowest BCUT2D eigenvalue weighted by molar-refractivity contribution is 0.0996. The van der Waals surface area contributed by atoms with Gasteiger partial charge in [-0.15, -0.1) is 0 Å². The first-order valence-electron chi connectivity index (χ1n) is 7.57. The standard InChI is InChI=1S/C17H20N2O3/c20-12-13-7-9-19(10-8-13)15-5-2-1-4-14(15)18-17(21)16-6-3-11-22-16/h1-6,11,13,20H,7-10,12H2,(H,18,21). The average Bonchev–Trinajstić information content (AvgIpc) is 3.10. The van der Waals surface area contributed by atoms with Crippen molar-refractivity contribution in [3.63, 3.8) is 0 Å². The van der Waals surface area contributed by atoms with E-state index in [1.807, 2.05) is 24.3 Å². The maximum absolute atomic E-state index is 12.2. The quantitative estimate of drug-likeness (QED) is 0.911. The van der Waals surface area contributed by atoms with E-state index in [0.717, 1.165) is 37.3 Å². The second-order valence-electron chi connectivity index (χ2n) is 5.56. The summed E-state index contributed by atoms with van der Waals surface area (Å²) >= 11 is 0. The molecule has 1 aromatic carbocycles. The van der Waals surface area contributed by atoms with Gasteiger partial charge in [0, 0.05) is 19.7 Å². The number of nitrogens with one attached hydrogen (secondary N) is 1. The first kappa shape index (κ1) is 14.7. The largest absolute Gasteiger partial charge is 0.459 e. The van der Waals surface area contributed by atoms with E-state index in [0.29, 0.717) is 11.7 Å². The molecule has 5 heteroatoms. The molecular weight excluding hydrogens is 280 g/mol. The summed E-state index contributed by atoms with van der Waals surface area (Å²) in [4.78, 5) is 14.4. The van der Waals surface area contributed by atoms with Gasteiger partial charge in [0.1, 0.15) is 0 Å². The fourth-order valence-corrected chi connectivity index (χ4v) is 2.80. The van der Waals surface area contributed by atoms with Gasteiger partial charge >= 0.3 is 0 Å². The van der Waals surface area contributed by atoms with Crippen LogP contribution in [0.25, 0.3) is 0 Å². The van der Waals surface area contributed by atoms with Crippen LogP contribution in [0, 0.1) is 5.92 Å². The fourth-order valence-electron chi connectivity index (χ4n) is 2.80. The van der Waals surface area contributed by atoms with Gasteiger partial charge in [-0.3, -0.25) is 4.79 Å². The van der Waals surface area contributed by atoms with Crippen molar-refractivity contribution in [2.45, 2.75) is 12.8 Å². The molecule has 116 valence electrons. The Balaban J connectivity index is 1.74. The molecule has 0 spiro atoms. The number of nitrogens with zero attached hydrogens (tertiary/aromatic N) is 1. The summed E-state index contributed by atoms with van der Waals surface area (Å²) < 4.78 is 5.13. The molecule has 1 fully saturated rings. The second kappa shape index (κ2) is 6.66. The zero-order valence-electron chi connectivity index (χ0n) is 12.4. The van der Waals surface area contributed by atoms with Gasteiger partial charge in [0.15, 0.2) is 5.76 Å². The molecule has 2 N–H and O–H groups in total. The molecule has 1 saturated heterocycles. The zero-order valence-corrected chi connectivity index (χ0v) is 12.4. The Morgan fingerprint density at radius 3 is 2.68 bits per heavy atom. The van der Waals surface area contributed by atoms with Crippen molar-refractivity contribution < 1.29 is 14.3 Å². The number of para-hydroxylation sites is 2. The van der Waals surface area contributed by atoms with Crippen LogP contribution in [0.5, 0.6) is 0 Å². The first-order chi connectivity index (χ1) is 10.8. The molecule has 2 heterocycles. The number of aliphatic hydroxyl groups is 1. The minimum atomic E-state index is -0.248. The second-order valence-corrected chi connectivity index (χ2v) is 5.56. The lowest BCUT2D eigenvalue weighted by Gasteiger charge is -2.34. The van der Waals surface area contributed by atoms with E-state index in [2.05, 4.69) is 10.2 Å². The maximum atomic E-state index is 12.2. The van der Waals surface area contributed by atoms with Gasteiger partial charge in [-0.05, 0) is 43.0 Å². The van der Waals surface area contributed by atoms with E-state index < -0.39 is 0 Å². The number of hydrogen-bond donors (Lipinski definition) is 2. The normalized spacial score (nSPS) is 15.8. The third kappa shape index (κ3) is 3.14. The Bertz CT molecular complexity index is 617. The topological polar surface area (TPSA) is 65.7 Å². The molecule has 1 aliphatic heterocycles. The van der Waals surface area contributed by atoms with Gasteiger partial charge in [-0.25, -0.2) is 0 Å². The number of piperidine rings is 1. The molecular formula is C17H20N2O3. The van der Waals surface area contributed by atoms with Gasteiger partial charge < -0.3 is 19.7 Å². The highest BCUT2D eigenvalue weighted by atomic mass is 16.3. The van der Waals surface area contributed by atoms with Crippen LogP contribution in [0.3, 0.4) is 0 Å². The molecule has 22 heavy (non-hydrogen) atoms. The molecule has 0 radical (unpaired) electrons. The summed E-state index contributed by atoms with van der Waals surface area (Å²) in [5.74, 6) is 0.442. The van der Waals surface area contributed by atoms with E-state index in [-0.39, 0.29) is 12.5 Å². The van der Waals surface area contributed by atoms with Crippen LogP contribution in [0.1, 0.15) is 23.4 Å². The number of carbonyl (C=O) groups is 1. The van der Waals surface area contributed by atoms with Crippen molar-refractivity contribution in [3.05, 3.63) is 48.4 Å². The Labute approximate surface area is 129 Å². The summed E-state index contributed by atoms with van der Waals surface area (Å²) in [5.41, 5.74) is 1.80. The van der Waals surface area contributed by atoms with Crippen LogP contribution in [0.15, 0.2) is 47.1 Å². The minimum Gasteiger partial charge on any atom is -0.459 e. The van der Waals surface area contributed by atoms with E-state index >= 15 is 0 Å². The highest BCUT2D eigenvalue weighted by Gasteiger charge is 2.21. The van der Waals surface area contributed by atoms with Crippen molar-refractivity contribution in [1.82, 2.24) is 0 Å². The van der Waals surface area contributed by atoms with Crippen LogP contribution < -0.4 is 10.2 Å². The lowest BCUT2D eigenvalue weighted by atomic mass is 9.97. The fraction of sp³-hybridized carbons (Fsp3) is 0.353. The van der Waals surface area contributed by atoms with Gasteiger partial charge in [-0.1, -0.05) is 12.1 Å². The highest BCUT2D eigenvalue weighted by molar-refractivity contribution is 6.04. The Morgan fingerprint density at radius 2 is 2.00 bits per heavy atom. The Kier molecular flexibility index (Phi) is 4.44. The number of aliphatic hydroxyl groups excluding tert-OH is 1. The molecule has 0 saturated carbocycles. The van der Waals surface area contributed by atoms with Crippen LogP contribution in [-0.2, 0) is 0 Å². The van der Waals surface area contributed by atoms with Crippen molar-refractivity contribution in [2.75, 3.05) is 29.9 Å². The van der Waals surface area contributed by atoms with E-state index in [9.17, 15) is 9.90 Å². The summed E-state index contributed by atoms with van der Waals surface area (Å²) in [6.45, 7) is 2.03. The number of benzene rings is 1. The monoisotopic (exact) mass is 300 g/mol. The summed E-state index contributed by atoms with van der Waals surface area (Å²) in [6.07, 6.45) is 3.43. The average molecular weight is 300 g/mol. The predicted octanol–water partition coefficient (Wildman–Crippen LogP) is 2.74. The molecule has 0 atom stereocenters. The lowest BCUT2D eigenvalue weighted by Crippen LogP contribution is -2.35. The number of furan rings is 1. The predicted molar refractivity (Wildman–Crippen MR) is 85.1 cm³/mol. The Morgan fingerprint density at radius 1 is 1.23 bits per heavy atom. The van der Waals surface area contributed by atoms with Gasteiger partial charge in [0.2, 0.25) is 0 Å². The number of carbonyl (C=O) groups excluding carboxylic acids is 1.